The van der Waals surface area contributed by atoms with Crippen molar-refractivity contribution in [3.8, 4) is 11.1 Å². The summed E-state index contributed by atoms with van der Waals surface area (Å²) in [5.74, 6) is -1.01. The second-order valence-electron chi connectivity index (χ2n) is 11.1. The van der Waals surface area contributed by atoms with E-state index in [2.05, 4.69) is 4.98 Å². The Kier molecular flexibility index (Phi) is 8.55. The first-order valence-corrected chi connectivity index (χ1v) is 13.3. The number of amides is 1. The first-order valence-electron chi connectivity index (χ1n) is 13.3. The molecule has 1 aliphatic heterocycles. The van der Waals surface area contributed by atoms with Crippen LogP contribution >= 0.6 is 0 Å². The number of aryl methyl sites for hydroxylation is 1. The fraction of sp³-hybridized carbons (Fsp3) is 0.400. The molecule has 1 aromatic heterocycles. The minimum Gasteiger partial charge on any atom is -0.394 e. The van der Waals surface area contributed by atoms with E-state index in [9.17, 15) is 45.7 Å². The largest absolute Gasteiger partial charge is 0.416 e. The number of aliphatic hydroxyl groups is 2. The molecule has 1 aliphatic rings. The maximum atomic E-state index is 14.0. The van der Waals surface area contributed by atoms with Crippen molar-refractivity contribution in [2.45, 2.75) is 57.1 Å². The molecule has 1 amide bonds. The summed E-state index contributed by atoms with van der Waals surface area (Å²) in [6, 6.07) is 5.93. The number of halogens is 7. The van der Waals surface area contributed by atoms with Gasteiger partial charge in [0.2, 0.25) is 5.91 Å². The lowest BCUT2D eigenvalue weighted by molar-refractivity contribution is -0.143. The Hall–Kier alpha value is -3.71. The van der Waals surface area contributed by atoms with Crippen molar-refractivity contribution < 1.29 is 45.7 Å². The molecule has 1 fully saturated rings. The monoisotopic (exact) mass is 613 g/mol. The molecule has 0 bridgehead atoms. The predicted octanol–water partition coefficient (Wildman–Crippen LogP) is 6.11. The highest BCUT2D eigenvalue weighted by Gasteiger charge is 2.41. The zero-order valence-electron chi connectivity index (χ0n) is 23.7. The third kappa shape index (κ3) is 6.32. The lowest BCUT2D eigenvalue weighted by atomic mass is 9.81. The number of alkyl halides is 6. The van der Waals surface area contributed by atoms with Crippen molar-refractivity contribution in [1.82, 2.24) is 4.98 Å². The van der Waals surface area contributed by atoms with Gasteiger partial charge in [0, 0.05) is 19.2 Å². The van der Waals surface area contributed by atoms with Crippen LogP contribution in [0.5, 0.6) is 0 Å². The normalized spacial score (nSPS) is 17.8. The van der Waals surface area contributed by atoms with Gasteiger partial charge in [0.05, 0.1) is 47.2 Å². The van der Waals surface area contributed by atoms with Crippen LogP contribution in [-0.4, -0.2) is 53.4 Å². The molecule has 0 radical (unpaired) electrons. The number of hydrogen-bond donors (Lipinski definition) is 2. The minimum absolute atomic E-state index is 0.000763. The van der Waals surface area contributed by atoms with Crippen molar-refractivity contribution in [3.63, 3.8) is 0 Å². The van der Waals surface area contributed by atoms with E-state index >= 15 is 0 Å². The van der Waals surface area contributed by atoms with Crippen LogP contribution in [0.3, 0.4) is 0 Å². The van der Waals surface area contributed by atoms with Crippen LogP contribution in [0.4, 0.5) is 42.2 Å². The number of rotatable bonds is 6. The van der Waals surface area contributed by atoms with Crippen LogP contribution < -0.4 is 9.80 Å². The van der Waals surface area contributed by atoms with Gasteiger partial charge in [-0.25, -0.2) is 9.37 Å². The van der Waals surface area contributed by atoms with Gasteiger partial charge < -0.3 is 20.0 Å². The molecule has 2 aromatic carbocycles. The Balaban J connectivity index is 1.84. The highest BCUT2D eigenvalue weighted by molar-refractivity contribution is 6.03. The summed E-state index contributed by atoms with van der Waals surface area (Å²) in [5.41, 5.74) is -3.96. The van der Waals surface area contributed by atoms with Crippen LogP contribution in [0.2, 0.25) is 0 Å². The Morgan fingerprint density at radius 2 is 1.56 bits per heavy atom. The summed E-state index contributed by atoms with van der Waals surface area (Å²) in [5, 5.41) is 20.1. The Bertz CT molecular complexity index is 1490. The fourth-order valence-electron chi connectivity index (χ4n) is 5.32. The van der Waals surface area contributed by atoms with Crippen LogP contribution in [0, 0.1) is 12.7 Å². The number of carbonyl (C=O) groups excluding carboxylic acids is 1. The molecule has 4 rings (SSSR count). The zero-order chi connectivity index (χ0) is 32.1. The van der Waals surface area contributed by atoms with E-state index in [4.69, 9.17) is 0 Å². The number of pyridine rings is 1. The first-order chi connectivity index (χ1) is 19.9. The maximum absolute atomic E-state index is 14.0. The highest BCUT2D eigenvalue weighted by atomic mass is 19.4. The lowest BCUT2D eigenvalue weighted by Gasteiger charge is -2.32. The number of aliphatic hydroxyl groups excluding tert-OH is 2. The molecule has 0 aliphatic carbocycles. The van der Waals surface area contributed by atoms with Gasteiger partial charge in [-0.2, -0.15) is 26.3 Å². The minimum atomic E-state index is -5.09. The van der Waals surface area contributed by atoms with Gasteiger partial charge in [0.15, 0.2) is 0 Å². The summed E-state index contributed by atoms with van der Waals surface area (Å²) in [6.45, 7) is 4.08. The summed E-state index contributed by atoms with van der Waals surface area (Å²) in [7, 11) is 1.32. The molecule has 13 heteroatoms. The van der Waals surface area contributed by atoms with E-state index in [1.165, 1.54) is 45.3 Å². The van der Waals surface area contributed by atoms with E-state index in [0.717, 1.165) is 4.90 Å². The molecule has 2 N–H and O–H groups in total. The van der Waals surface area contributed by atoms with E-state index in [1.807, 2.05) is 0 Å². The van der Waals surface area contributed by atoms with E-state index in [1.54, 1.807) is 17.9 Å². The molecular weight excluding hydrogens is 583 g/mol. The van der Waals surface area contributed by atoms with E-state index < -0.39 is 58.3 Å². The molecule has 1 unspecified atom stereocenters. The molecule has 43 heavy (non-hydrogen) atoms. The van der Waals surface area contributed by atoms with Crippen molar-refractivity contribution in [1.29, 1.82) is 0 Å². The Morgan fingerprint density at radius 1 is 0.977 bits per heavy atom. The number of anilines is 2. The molecular formula is C30H30F7N3O3. The summed E-state index contributed by atoms with van der Waals surface area (Å²) < 4.78 is 95.4. The molecule has 2 atom stereocenters. The molecule has 6 nitrogen and oxygen atoms in total. The average Bonchev–Trinajstić information content (AvgIpc) is 3.31. The molecule has 2 heterocycles. The van der Waals surface area contributed by atoms with Crippen molar-refractivity contribution in [2.24, 2.45) is 0 Å². The van der Waals surface area contributed by atoms with Crippen molar-refractivity contribution >= 4 is 17.4 Å². The van der Waals surface area contributed by atoms with Gasteiger partial charge in [-0.1, -0.05) is 6.07 Å². The topological polar surface area (TPSA) is 76.9 Å². The fourth-order valence-corrected chi connectivity index (χ4v) is 5.32. The zero-order valence-corrected chi connectivity index (χ0v) is 23.7. The summed E-state index contributed by atoms with van der Waals surface area (Å²) in [6.07, 6.45) is -9.33. The van der Waals surface area contributed by atoms with E-state index in [-0.39, 0.29) is 18.4 Å². The molecule has 1 saturated heterocycles. The third-order valence-corrected chi connectivity index (χ3v) is 7.85. The first kappa shape index (κ1) is 32.2. The Morgan fingerprint density at radius 3 is 2.09 bits per heavy atom. The van der Waals surface area contributed by atoms with Gasteiger partial charge in [0.25, 0.3) is 0 Å². The number of benzene rings is 2. The number of hydrogen-bond acceptors (Lipinski definition) is 5. The van der Waals surface area contributed by atoms with Crippen LogP contribution in [0.15, 0.2) is 48.7 Å². The van der Waals surface area contributed by atoms with Crippen molar-refractivity contribution in [3.05, 3.63) is 76.7 Å². The smallest absolute Gasteiger partial charge is 0.394 e. The summed E-state index contributed by atoms with van der Waals surface area (Å²) in [4.78, 5) is 21.1. The van der Waals surface area contributed by atoms with Gasteiger partial charge in [0.1, 0.15) is 11.6 Å². The SMILES string of the molecule is Cc1cc(F)ccc1-c1cc(N2CCC(O)[C@H]2CO)ncc1N(C)C(=O)C(C)(C)c1cc(C(F)(F)F)cc(C(F)(F)F)c1. The number of likely N-dealkylation sites (N-methyl/N-ethyl adjacent to an activating group) is 1. The lowest BCUT2D eigenvalue weighted by Crippen LogP contribution is -2.42. The maximum Gasteiger partial charge on any atom is 0.416 e. The van der Waals surface area contributed by atoms with E-state index in [0.29, 0.717) is 47.6 Å². The number of aromatic nitrogens is 1. The van der Waals surface area contributed by atoms with Crippen LogP contribution in [-0.2, 0) is 22.6 Å². The average molecular weight is 614 g/mol. The molecule has 232 valence electrons. The second kappa shape index (κ2) is 11.4. The van der Waals surface area contributed by atoms with Gasteiger partial charge in [-0.15, -0.1) is 0 Å². The van der Waals surface area contributed by atoms with Crippen LogP contribution in [0.1, 0.15) is 42.5 Å². The molecule has 3 aromatic rings. The van der Waals surface area contributed by atoms with Gasteiger partial charge >= 0.3 is 12.4 Å². The number of carbonyl (C=O) groups is 1. The molecule has 0 spiro atoms. The highest BCUT2D eigenvalue weighted by Crippen LogP contribution is 2.41. The Labute approximate surface area is 243 Å². The predicted molar refractivity (Wildman–Crippen MR) is 146 cm³/mol. The molecule has 0 saturated carbocycles. The van der Waals surface area contributed by atoms with Gasteiger partial charge in [-0.05, 0) is 80.3 Å². The van der Waals surface area contributed by atoms with Crippen molar-refractivity contribution in [2.75, 3.05) is 30.0 Å². The number of nitrogens with zero attached hydrogens (tertiary/aromatic N) is 3. The van der Waals surface area contributed by atoms with Gasteiger partial charge in [-0.3, -0.25) is 4.79 Å². The van der Waals surface area contributed by atoms with Crippen LogP contribution in [0.25, 0.3) is 11.1 Å². The second-order valence-corrected chi connectivity index (χ2v) is 11.1. The third-order valence-electron chi connectivity index (χ3n) is 7.85. The standard InChI is InChI=1S/C30H30F7N3O3/c1-16-9-20(31)5-6-21(16)22-13-26(40-8-7-25(42)24(40)15-41)38-14-23(22)39(4)27(43)28(2,3)17-10-18(29(32,33)34)12-19(11-17)30(35,36)37/h5-6,9-14,24-25,41-42H,7-8,15H2,1-4H3/t24-,25?/m1/s1. The quantitative estimate of drug-likeness (QED) is 0.329. The summed E-state index contributed by atoms with van der Waals surface area (Å²) >= 11 is 0.